The summed E-state index contributed by atoms with van der Waals surface area (Å²) in [7, 11) is 1.69. The van der Waals surface area contributed by atoms with E-state index in [2.05, 4.69) is 26.6 Å². The van der Waals surface area contributed by atoms with E-state index in [0.717, 1.165) is 31.2 Å². The molecular weight excluding hydrogens is 476 g/mol. The van der Waals surface area contributed by atoms with Crippen molar-refractivity contribution in [3.05, 3.63) is 29.8 Å². The highest BCUT2D eigenvalue weighted by atomic mass is 16.2. The smallest absolute Gasteiger partial charge is 0.247 e. The van der Waals surface area contributed by atoms with Crippen molar-refractivity contribution < 1.29 is 24.0 Å². The van der Waals surface area contributed by atoms with E-state index in [4.69, 9.17) is 0 Å². The first-order chi connectivity index (χ1) is 17.8. The predicted octanol–water partition coefficient (Wildman–Crippen LogP) is 0.156. The number of rotatable bonds is 8. The fourth-order valence-electron chi connectivity index (χ4n) is 5.16. The van der Waals surface area contributed by atoms with Crippen LogP contribution in [0.3, 0.4) is 0 Å². The molecule has 0 aliphatic carbocycles. The molecule has 3 aliphatic rings. The molecule has 11 heteroatoms. The van der Waals surface area contributed by atoms with Gasteiger partial charge in [-0.25, -0.2) is 0 Å². The van der Waals surface area contributed by atoms with Gasteiger partial charge in [-0.05, 0) is 57.4 Å². The summed E-state index contributed by atoms with van der Waals surface area (Å²) in [6.07, 6.45) is 4.73. The van der Waals surface area contributed by atoms with E-state index in [-0.39, 0.29) is 48.5 Å². The van der Waals surface area contributed by atoms with Gasteiger partial charge >= 0.3 is 0 Å². The van der Waals surface area contributed by atoms with Crippen LogP contribution in [0, 0.1) is 0 Å². The van der Waals surface area contributed by atoms with Crippen molar-refractivity contribution in [1.82, 2.24) is 26.2 Å². The van der Waals surface area contributed by atoms with Crippen molar-refractivity contribution in [2.24, 2.45) is 0 Å². The van der Waals surface area contributed by atoms with Crippen LogP contribution >= 0.6 is 0 Å². The summed E-state index contributed by atoms with van der Waals surface area (Å²) in [5.74, 6) is -1.07. The molecule has 200 valence electrons. The number of fused-ring (bicyclic) bond motifs is 1. The summed E-state index contributed by atoms with van der Waals surface area (Å²) in [6.45, 7) is 1.98. The molecule has 0 aromatic heterocycles. The van der Waals surface area contributed by atoms with Gasteiger partial charge in [-0.2, -0.15) is 0 Å². The van der Waals surface area contributed by atoms with Crippen LogP contribution in [0.25, 0.3) is 0 Å². The molecule has 1 unspecified atom stereocenters. The van der Waals surface area contributed by atoms with Crippen molar-refractivity contribution in [3.63, 3.8) is 0 Å². The van der Waals surface area contributed by atoms with Gasteiger partial charge in [0, 0.05) is 18.3 Å². The van der Waals surface area contributed by atoms with Crippen LogP contribution < -0.4 is 26.6 Å². The lowest BCUT2D eigenvalue weighted by Gasteiger charge is -2.35. The number of nitrogens with one attached hydrogen (secondary N) is 5. The highest BCUT2D eigenvalue weighted by Gasteiger charge is 2.44. The molecule has 0 bridgehead atoms. The summed E-state index contributed by atoms with van der Waals surface area (Å²) >= 11 is 0. The van der Waals surface area contributed by atoms with Gasteiger partial charge in [0.25, 0.3) is 0 Å². The van der Waals surface area contributed by atoms with Gasteiger partial charge in [-0.1, -0.05) is 25.0 Å². The number of carbonyl (C=O) groups excluding carboxylic acids is 5. The molecule has 3 fully saturated rings. The monoisotopic (exact) mass is 512 g/mol. The average Bonchev–Trinajstić information content (AvgIpc) is 3.28. The fraction of sp³-hybridized carbons (Fsp3) is 0.577. The van der Waals surface area contributed by atoms with Gasteiger partial charge in [0.15, 0.2) is 0 Å². The van der Waals surface area contributed by atoms with Gasteiger partial charge in [0.05, 0.1) is 12.5 Å². The number of hydrogen-bond acceptors (Lipinski definition) is 6. The average molecular weight is 513 g/mol. The lowest BCUT2D eigenvalue weighted by molar-refractivity contribution is -0.144. The van der Waals surface area contributed by atoms with Crippen LogP contribution in [-0.4, -0.2) is 71.7 Å². The van der Waals surface area contributed by atoms with E-state index in [1.165, 1.54) is 0 Å². The summed E-state index contributed by atoms with van der Waals surface area (Å²) in [5, 5.41) is 14.0. The lowest BCUT2D eigenvalue weighted by atomic mass is 9.98. The Hall–Kier alpha value is -3.47. The summed E-state index contributed by atoms with van der Waals surface area (Å²) in [6, 6.07) is 4.98. The molecule has 1 aromatic carbocycles. The predicted molar refractivity (Wildman–Crippen MR) is 136 cm³/mol. The molecule has 0 saturated carbocycles. The summed E-state index contributed by atoms with van der Waals surface area (Å²) < 4.78 is 0. The van der Waals surface area contributed by atoms with Crippen LogP contribution in [0.5, 0.6) is 0 Å². The van der Waals surface area contributed by atoms with Gasteiger partial charge in [-0.15, -0.1) is 0 Å². The van der Waals surface area contributed by atoms with Crippen LogP contribution in [-0.2, 0) is 30.5 Å². The fourth-order valence-corrected chi connectivity index (χ4v) is 5.16. The van der Waals surface area contributed by atoms with Crippen molar-refractivity contribution in [2.45, 2.75) is 88.6 Å². The normalized spacial score (nSPS) is 26.1. The second kappa shape index (κ2) is 11.7. The van der Waals surface area contributed by atoms with Crippen molar-refractivity contribution in [1.29, 1.82) is 0 Å². The number of likely N-dealkylation sites (N-methyl/N-ethyl adjacent to an activating group) is 1. The Labute approximate surface area is 216 Å². The van der Waals surface area contributed by atoms with Crippen LogP contribution in [0.4, 0.5) is 5.69 Å². The number of carbonyl (C=O) groups is 5. The molecular formula is C26H36N6O5. The molecule has 0 radical (unpaired) electrons. The van der Waals surface area contributed by atoms with E-state index < -0.39 is 24.2 Å². The molecule has 5 atom stereocenters. The second-order valence-corrected chi connectivity index (χ2v) is 10.1. The molecule has 0 spiro atoms. The Balaban J connectivity index is 1.37. The lowest BCUT2D eigenvalue weighted by Crippen LogP contribution is -2.57. The standard InChI is InChI=1S/C26H36N6O5/c1-15(27-2)23(34)31-19-9-4-3-8-18-10-11-21(32(18)26(19)37)25(36)28-14-16-6-5-7-17(12-16)29-24(35)20-13-22(33)30-20/h5-7,12,15,18-21,27H,3-4,8-11,13-14H2,1-2H3,(H,28,36)(H,29,35)(H,30,33)(H,31,34)/t15-,18?,19-,20-,21-/m0/s1. The molecule has 4 rings (SSSR count). The minimum Gasteiger partial charge on any atom is -0.350 e. The first-order valence-corrected chi connectivity index (χ1v) is 13.0. The van der Waals surface area contributed by atoms with Crippen molar-refractivity contribution in [3.8, 4) is 0 Å². The molecule has 11 nitrogen and oxygen atoms in total. The van der Waals surface area contributed by atoms with E-state index in [9.17, 15) is 24.0 Å². The zero-order valence-electron chi connectivity index (χ0n) is 21.3. The molecule has 3 heterocycles. The van der Waals surface area contributed by atoms with Gasteiger partial charge in [0.2, 0.25) is 29.5 Å². The van der Waals surface area contributed by atoms with E-state index in [1.807, 2.05) is 6.07 Å². The zero-order chi connectivity index (χ0) is 26.5. The molecule has 5 N–H and O–H groups in total. The van der Waals surface area contributed by atoms with Gasteiger partial charge in [-0.3, -0.25) is 24.0 Å². The van der Waals surface area contributed by atoms with E-state index in [1.54, 1.807) is 37.1 Å². The number of benzene rings is 1. The Morgan fingerprint density at radius 1 is 1.08 bits per heavy atom. The first kappa shape index (κ1) is 26.6. The van der Waals surface area contributed by atoms with E-state index >= 15 is 0 Å². The number of amides is 5. The third-order valence-corrected chi connectivity index (χ3v) is 7.48. The third kappa shape index (κ3) is 6.27. The van der Waals surface area contributed by atoms with Crippen LogP contribution in [0.1, 0.15) is 57.4 Å². The minimum absolute atomic E-state index is 0.00443. The highest BCUT2D eigenvalue weighted by Crippen LogP contribution is 2.31. The van der Waals surface area contributed by atoms with Crippen molar-refractivity contribution in [2.75, 3.05) is 12.4 Å². The Bertz CT molecular complexity index is 1050. The van der Waals surface area contributed by atoms with E-state index in [0.29, 0.717) is 18.5 Å². The Morgan fingerprint density at radius 3 is 2.57 bits per heavy atom. The summed E-state index contributed by atoms with van der Waals surface area (Å²) in [5.41, 5.74) is 1.37. The minimum atomic E-state index is -0.639. The Kier molecular flexibility index (Phi) is 8.42. The topological polar surface area (TPSA) is 149 Å². The Morgan fingerprint density at radius 2 is 1.84 bits per heavy atom. The number of nitrogens with zero attached hydrogens (tertiary/aromatic N) is 1. The van der Waals surface area contributed by atoms with Crippen LogP contribution in [0.15, 0.2) is 24.3 Å². The molecule has 3 aliphatic heterocycles. The second-order valence-electron chi connectivity index (χ2n) is 10.1. The van der Waals surface area contributed by atoms with Gasteiger partial charge < -0.3 is 31.5 Å². The molecule has 3 saturated heterocycles. The third-order valence-electron chi connectivity index (χ3n) is 7.48. The maximum absolute atomic E-state index is 13.5. The quantitative estimate of drug-likeness (QED) is 0.313. The maximum atomic E-state index is 13.5. The largest absolute Gasteiger partial charge is 0.350 e. The van der Waals surface area contributed by atoms with Crippen LogP contribution in [0.2, 0.25) is 0 Å². The molecule has 1 aromatic rings. The zero-order valence-corrected chi connectivity index (χ0v) is 21.3. The molecule has 5 amide bonds. The highest BCUT2D eigenvalue weighted by molar-refractivity contribution is 6.03. The first-order valence-electron chi connectivity index (χ1n) is 13.0. The SMILES string of the molecule is CN[C@@H](C)C(=O)N[C@H]1CCCCC2CC[C@@H](C(=O)NCc3cccc(NC(=O)[C@@H]4CC(=O)N4)c3)N2C1=O. The number of β-lactam (4-membered cyclic amide) rings is 1. The van der Waals surface area contributed by atoms with Crippen molar-refractivity contribution >= 4 is 35.2 Å². The maximum Gasteiger partial charge on any atom is 0.247 e. The van der Waals surface area contributed by atoms with Gasteiger partial charge in [0.1, 0.15) is 18.1 Å². The molecule has 37 heavy (non-hydrogen) atoms. The number of hydrogen-bond donors (Lipinski definition) is 5. The summed E-state index contributed by atoms with van der Waals surface area (Å²) in [4.78, 5) is 64.1. The number of anilines is 1.